The number of fused-ring (bicyclic) bond motifs is 2. The van der Waals surface area contributed by atoms with Crippen LogP contribution in [-0.2, 0) is 20.2 Å². The van der Waals surface area contributed by atoms with Crippen LogP contribution in [0.25, 0.3) is 43.1 Å². The molecule has 356 valence electrons. The van der Waals surface area contributed by atoms with Crippen LogP contribution in [0.4, 0.5) is 0 Å². The summed E-state index contributed by atoms with van der Waals surface area (Å²) >= 11 is 0. The lowest BCUT2D eigenvalue weighted by Gasteiger charge is -2.38. The number of hydrogen-bond donors (Lipinski definition) is 0. The van der Waals surface area contributed by atoms with Crippen molar-refractivity contribution in [3.8, 4) is 0 Å². The van der Waals surface area contributed by atoms with Crippen molar-refractivity contribution in [1.29, 1.82) is 0 Å². The fourth-order valence-electron chi connectivity index (χ4n) is 9.86. The van der Waals surface area contributed by atoms with Crippen LogP contribution in [0.1, 0.15) is 83.0 Å². The van der Waals surface area contributed by atoms with Gasteiger partial charge in [-0.3, -0.25) is 29.0 Å². The van der Waals surface area contributed by atoms with Gasteiger partial charge in [0.25, 0.3) is 23.6 Å². The van der Waals surface area contributed by atoms with Crippen molar-refractivity contribution in [3.05, 3.63) is 131 Å². The van der Waals surface area contributed by atoms with Crippen molar-refractivity contribution in [3.63, 3.8) is 0 Å². The predicted molar refractivity (Wildman–Crippen MR) is 261 cm³/mol. The van der Waals surface area contributed by atoms with Crippen LogP contribution in [0, 0.1) is 0 Å². The van der Waals surface area contributed by atoms with E-state index in [1.807, 2.05) is 48.5 Å². The molecule has 2 aliphatic heterocycles. The molecule has 0 aromatic heterocycles. The zero-order chi connectivity index (χ0) is 49.3. The van der Waals surface area contributed by atoms with E-state index in [1.54, 1.807) is 12.1 Å². The molecule has 9 rings (SSSR count). The summed E-state index contributed by atoms with van der Waals surface area (Å²) in [5.41, 5.74) is 2.18. The maximum absolute atomic E-state index is 14.0. The summed E-state index contributed by atoms with van der Waals surface area (Å²) in [6.45, 7) is 20.8. The molecule has 0 saturated carbocycles. The second-order valence-electron chi connectivity index (χ2n) is 17.2. The van der Waals surface area contributed by atoms with Crippen LogP contribution in [0.3, 0.4) is 0 Å². The number of likely N-dealkylation sites (N-methyl/N-ethyl adjacent to an activating group) is 2. The molecule has 68 heavy (non-hydrogen) atoms. The third-order valence-electron chi connectivity index (χ3n) is 14.5. The Morgan fingerprint density at radius 2 is 0.632 bits per heavy atom. The maximum atomic E-state index is 14.0. The van der Waals surface area contributed by atoms with E-state index in [0.29, 0.717) is 46.1 Å². The van der Waals surface area contributed by atoms with Gasteiger partial charge in [0, 0.05) is 33.0 Å². The largest absolute Gasteiger partial charge is 0.744 e. The maximum Gasteiger partial charge on any atom is 0.261 e. The third kappa shape index (κ3) is 8.99. The van der Waals surface area contributed by atoms with E-state index in [2.05, 4.69) is 41.5 Å². The number of nitrogens with zero attached hydrogens (tertiary/aromatic N) is 4. The lowest BCUT2D eigenvalue weighted by Crippen LogP contribution is -2.53. The highest BCUT2D eigenvalue weighted by atomic mass is 32.2. The Balaban J connectivity index is 0.000000282. The van der Waals surface area contributed by atoms with Crippen LogP contribution in [0.2, 0.25) is 0 Å². The molecular weight excluding hydrogens is 905 g/mol. The fourth-order valence-corrected chi connectivity index (χ4v) is 10.8. The monoisotopic (exact) mass is 960 g/mol. The summed E-state index contributed by atoms with van der Waals surface area (Å²) in [5.74, 6) is -0.993. The van der Waals surface area contributed by atoms with E-state index in [4.69, 9.17) is 0 Å². The van der Waals surface area contributed by atoms with E-state index >= 15 is 0 Å². The summed E-state index contributed by atoms with van der Waals surface area (Å²) in [6, 6.07) is 29.7. The molecule has 0 N–H and O–H groups in total. The quantitative estimate of drug-likeness (QED) is 0.0341. The minimum atomic E-state index is -4.25. The SMILES string of the molecule is CC[N+](CC)(CC)CCN1C(=O)c2ccc3c4ccc5c6c(ccc(c7ccc(c2c37)C1=O)c64)C(=O)N(CC[N+](CC)(CC)CC)C5=O.O=S(=O)([O-])c1ccccc1.O=S(=O)([O-])c1ccccc1. The number of amides is 4. The molecule has 7 aromatic carbocycles. The second-order valence-corrected chi connectivity index (χ2v) is 20.0. The lowest BCUT2D eigenvalue weighted by molar-refractivity contribution is -0.922. The molecule has 7 aromatic rings. The van der Waals surface area contributed by atoms with Gasteiger partial charge in [0.15, 0.2) is 0 Å². The first-order valence-electron chi connectivity index (χ1n) is 23.0. The van der Waals surface area contributed by atoms with Gasteiger partial charge in [-0.2, -0.15) is 0 Å². The minimum Gasteiger partial charge on any atom is -0.744 e. The van der Waals surface area contributed by atoms with Crippen LogP contribution in [0.15, 0.2) is 119 Å². The summed E-state index contributed by atoms with van der Waals surface area (Å²) < 4.78 is 63.4. The Bertz CT molecular complexity index is 2940. The van der Waals surface area contributed by atoms with Crippen molar-refractivity contribution >= 4 is 87.0 Å². The summed E-state index contributed by atoms with van der Waals surface area (Å²) in [4.78, 5) is 58.5. The summed E-state index contributed by atoms with van der Waals surface area (Å²) in [7, 11) is -8.51. The summed E-state index contributed by atoms with van der Waals surface area (Å²) in [5, 5.41) is 6.79. The third-order valence-corrected chi connectivity index (χ3v) is 16.2. The molecule has 0 fully saturated rings. The Kier molecular flexibility index (Phi) is 14.2. The lowest BCUT2D eigenvalue weighted by atomic mass is 9.82. The number of benzene rings is 7. The molecule has 16 heteroatoms. The first-order valence-corrected chi connectivity index (χ1v) is 25.8. The molecular formula is C52H56N4O10S2. The van der Waals surface area contributed by atoms with E-state index in [0.717, 1.165) is 93.6 Å². The van der Waals surface area contributed by atoms with Crippen LogP contribution >= 0.6 is 0 Å². The van der Waals surface area contributed by atoms with Crippen molar-refractivity contribution < 1.29 is 54.1 Å². The number of quaternary nitrogens is 2. The van der Waals surface area contributed by atoms with Crippen molar-refractivity contribution in [1.82, 2.24) is 9.80 Å². The standard InChI is InChI=1S/C40H46N4O4.2C6H6O3S/c1-7-43(8-2,9-3)23-21-41-37(45)29-17-13-25-27-15-19-31-36-32(40(48)42(39(31)47)22-24-44(10-4,11-5)12-6)20-16-28(34(27)36)26-14-18-30(38(41)46)35(29)33(25)26;2*7-10(8,9)6-4-2-1-3-5-6/h13-20H,7-12,21-24H2,1-6H3;2*1-5H,(H,7,8,9)/q+2;;/p-2. The van der Waals surface area contributed by atoms with Gasteiger partial charge in [-0.25, -0.2) is 16.8 Å². The molecule has 2 heterocycles. The Labute approximate surface area is 397 Å². The number of carbonyl (C=O) groups excluding carboxylic acids is 4. The molecule has 0 unspecified atom stereocenters. The zero-order valence-electron chi connectivity index (χ0n) is 39.2. The molecule has 0 spiro atoms. The van der Waals surface area contributed by atoms with Gasteiger partial charge in [-0.1, -0.05) is 60.7 Å². The molecule has 0 atom stereocenters. The van der Waals surface area contributed by atoms with Gasteiger partial charge in [-0.05, 0) is 122 Å². The van der Waals surface area contributed by atoms with Gasteiger partial charge < -0.3 is 18.1 Å². The zero-order valence-corrected chi connectivity index (χ0v) is 40.8. The molecule has 14 nitrogen and oxygen atoms in total. The predicted octanol–water partition coefficient (Wildman–Crippen LogP) is 7.86. The Hall–Kier alpha value is -6.14. The minimum absolute atomic E-state index is 0.185. The highest BCUT2D eigenvalue weighted by Gasteiger charge is 2.38. The molecule has 0 bridgehead atoms. The first-order chi connectivity index (χ1) is 32.3. The number of carbonyl (C=O) groups is 4. The highest BCUT2D eigenvalue weighted by molar-refractivity contribution is 7.86. The van der Waals surface area contributed by atoms with E-state index in [9.17, 15) is 45.1 Å². The number of rotatable bonds is 14. The molecule has 0 aliphatic carbocycles. The summed E-state index contributed by atoms with van der Waals surface area (Å²) in [6.07, 6.45) is 0. The van der Waals surface area contributed by atoms with Crippen molar-refractivity contribution in [2.45, 2.75) is 51.3 Å². The molecule has 4 amide bonds. The van der Waals surface area contributed by atoms with Crippen molar-refractivity contribution in [2.24, 2.45) is 0 Å². The van der Waals surface area contributed by atoms with Gasteiger partial charge in [0.2, 0.25) is 0 Å². The molecule has 2 aliphatic rings. The first kappa shape index (κ1) is 49.8. The van der Waals surface area contributed by atoms with Gasteiger partial charge in [0.1, 0.15) is 20.2 Å². The van der Waals surface area contributed by atoms with Crippen LogP contribution < -0.4 is 0 Å². The number of imide groups is 2. The molecule has 0 radical (unpaired) electrons. The van der Waals surface area contributed by atoms with Gasteiger partial charge >= 0.3 is 0 Å². The van der Waals surface area contributed by atoms with Crippen LogP contribution in [-0.4, -0.2) is 134 Å². The van der Waals surface area contributed by atoms with Crippen LogP contribution in [0.5, 0.6) is 0 Å². The van der Waals surface area contributed by atoms with E-state index < -0.39 is 20.2 Å². The topological polar surface area (TPSA) is 189 Å². The Morgan fingerprint density at radius 1 is 0.382 bits per heavy atom. The van der Waals surface area contributed by atoms with Gasteiger partial charge in [-0.15, -0.1) is 0 Å². The molecule has 0 saturated heterocycles. The highest BCUT2D eigenvalue weighted by Crippen LogP contribution is 2.46. The second kappa shape index (κ2) is 19.5. The van der Waals surface area contributed by atoms with Gasteiger partial charge in [0.05, 0.1) is 75.2 Å². The average molecular weight is 961 g/mol. The smallest absolute Gasteiger partial charge is 0.261 e. The normalized spacial score (nSPS) is 14.2. The average Bonchev–Trinajstić information content (AvgIpc) is 3.35. The fraction of sp³-hybridized carbons (Fsp3) is 0.308. The number of hydrogen-bond acceptors (Lipinski definition) is 10. The van der Waals surface area contributed by atoms with E-state index in [-0.39, 0.29) is 33.4 Å². The van der Waals surface area contributed by atoms with E-state index in [1.165, 1.54) is 58.3 Å². The van der Waals surface area contributed by atoms with Crippen molar-refractivity contribution in [2.75, 3.05) is 65.4 Å². The Morgan fingerprint density at radius 3 is 0.838 bits per heavy atom.